The van der Waals surface area contributed by atoms with Crippen LogP contribution in [-0.2, 0) is 14.3 Å². The van der Waals surface area contributed by atoms with Crippen LogP contribution in [0.5, 0.6) is 0 Å². The molecule has 3 atom stereocenters. The van der Waals surface area contributed by atoms with E-state index in [0.717, 1.165) is 0 Å². The molecule has 1 saturated heterocycles. The van der Waals surface area contributed by atoms with Gasteiger partial charge in [0.1, 0.15) is 10.0 Å². The van der Waals surface area contributed by atoms with E-state index in [4.69, 9.17) is 34.4 Å². The fraction of sp³-hybridized carbons (Fsp3) is 0.562. The van der Waals surface area contributed by atoms with Crippen molar-refractivity contribution in [2.75, 3.05) is 6.61 Å². The summed E-state index contributed by atoms with van der Waals surface area (Å²) < 4.78 is 5.03. The molecule has 8 heteroatoms. The first-order chi connectivity index (χ1) is 11.0. The van der Waals surface area contributed by atoms with Crippen LogP contribution >= 0.6 is 23.2 Å². The van der Waals surface area contributed by atoms with Gasteiger partial charge in [-0.25, -0.2) is 4.79 Å². The SMILES string of the molecule is C#CCOC(=O)C1C(C)(C)C1(C=C(Cl)Cl)CC1(C)NC(=O)NC1=O. The van der Waals surface area contributed by atoms with Crippen LogP contribution in [0.4, 0.5) is 4.79 Å². The molecule has 2 N–H and O–H groups in total. The van der Waals surface area contributed by atoms with Crippen LogP contribution in [0.25, 0.3) is 0 Å². The average Bonchev–Trinajstić information content (AvgIpc) is 2.74. The van der Waals surface area contributed by atoms with Crippen LogP contribution in [-0.4, -0.2) is 30.1 Å². The molecule has 0 bridgehead atoms. The molecule has 2 fully saturated rings. The third-order valence-corrected chi connectivity index (χ3v) is 5.24. The molecule has 0 aromatic rings. The number of terminal acetylenes is 1. The number of ether oxygens (including phenoxy) is 1. The number of hydrogen-bond donors (Lipinski definition) is 2. The van der Waals surface area contributed by atoms with Gasteiger partial charge in [0.15, 0.2) is 6.61 Å². The standard InChI is InChI=1S/C16H18Cl2N2O4/c1-5-6-24-11(21)10-14(2,3)16(10,7-9(17)18)8-15(4)12(22)19-13(23)20-15/h1,7,10H,6,8H2,2-4H3,(H2,19,20,22,23). The van der Waals surface area contributed by atoms with E-state index in [9.17, 15) is 14.4 Å². The molecule has 1 heterocycles. The summed E-state index contributed by atoms with van der Waals surface area (Å²) in [5, 5.41) is 4.79. The van der Waals surface area contributed by atoms with Gasteiger partial charge in [0.25, 0.3) is 5.91 Å². The predicted molar refractivity (Wildman–Crippen MR) is 89.0 cm³/mol. The smallest absolute Gasteiger partial charge is 0.322 e. The fourth-order valence-corrected chi connectivity index (χ4v) is 4.11. The number of amides is 3. The summed E-state index contributed by atoms with van der Waals surface area (Å²) in [4.78, 5) is 36.0. The lowest BCUT2D eigenvalue weighted by atomic mass is 9.81. The average molecular weight is 373 g/mol. The van der Waals surface area contributed by atoms with Crippen molar-refractivity contribution in [1.82, 2.24) is 10.6 Å². The number of carbonyl (C=O) groups is 3. The highest BCUT2D eigenvalue weighted by atomic mass is 35.5. The molecule has 3 unspecified atom stereocenters. The van der Waals surface area contributed by atoms with E-state index >= 15 is 0 Å². The summed E-state index contributed by atoms with van der Waals surface area (Å²) in [6, 6.07) is -0.580. The van der Waals surface area contributed by atoms with Gasteiger partial charge in [-0.15, -0.1) is 6.42 Å². The monoisotopic (exact) mass is 372 g/mol. The number of urea groups is 1. The van der Waals surface area contributed by atoms with Crippen molar-refractivity contribution in [2.45, 2.75) is 32.7 Å². The largest absolute Gasteiger partial charge is 0.452 e. The van der Waals surface area contributed by atoms with Crippen molar-refractivity contribution in [1.29, 1.82) is 0 Å². The molecular weight excluding hydrogens is 355 g/mol. The molecule has 2 rings (SSSR count). The molecule has 6 nitrogen and oxygen atoms in total. The van der Waals surface area contributed by atoms with Crippen molar-refractivity contribution in [2.24, 2.45) is 16.7 Å². The molecule has 130 valence electrons. The lowest BCUT2D eigenvalue weighted by molar-refractivity contribution is -0.145. The van der Waals surface area contributed by atoms with E-state index in [2.05, 4.69) is 16.6 Å². The second-order valence-electron chi connectivity index (χ2n) is 6.86. The molecule has 1 aliphatic heterocycles. The van der Waals surface area contributed by atoms with E-state index in [-0.39, 0.29) is 17.5 Å². The summed E-state index contributed by atoms with van der Waals surface area (Å²) in [6.07, 6.45) is 6.80. The van der Waals surface area contributed by atoms with Gasteiger partial charge in [0, 0.05) is 5.41 Å². The lowest BCUT2D eigenvalue weighted by Gasteiger charge is -2.27. The van der Waals surface area contributed by atoms with Gasteiger partial charge in [0.05, 0.1) is 5.92 Å². The first-order valence-corrected chi connectivity index (χ1v) is 8.03. The van der Waals surface area contributed by atoms with Gasteiger partial charge < -0.3 is 10.1 Å². The Morgan fingerprint density at radius 1 is 1.38 bits per heavy atom. The zero-order valence-electron chi connectivity index (χ0n) is 13.5. The Bertz CT molecular complexity index is 678. The lowest BCUT2D eigenvalue weighted by Crippen LogP contribution is -2.46. The summed E-state index contributed by atoms with van der Waals surface area (Å²) >= 11 is 11.7. The van der Waals surface area contributed by atoms with Gasteiger partial charge >= 0.3 is 12.0 Å². The van der Waals surface area contributed by atoms with Gasteiger partial charge in [-0.1, -0.05) is 43.0 Å². The Morgan fingerprint density at radius 2 is 2.00 bits per heavy atom. The molecule has 24 heavy (non-hydrogen) atoms. The van der Waals surface area contributed by atoms with E-state index in [1.165, 1.54) is 0 Å². The number of allylic oxidation sites excluding steroid dienone is 1. The topological polar surface area (TPSA) is 84.5 Å². The molecule has 0 spiro atoms. The maximum absolute atomic E-state index is 12.4. The van der Waals surface area contributed by atoms with Crippen LogP contribution in [0.15, 0.2) is 10.6 Å². The molecule has 1 saturated carbocycles. The quantitative estimate of drug-likeness (QED) is 0.439. The number of rotatable bonds is 5. The summed E-state index contributed by atoms with van der Waals surface area (Å²) in [5.41, 5.74) is -2.61. The molecule has 1 aliphatic carbocycles. The number of carbonyl (C=O) groups excluding carboxylic acids is 3. The van der Waals surface area contributed by atoms with Crippen LogP contribution in [0.2, 0.25) is 0 Å². The van der Waals surface area contributed by atoms with Crippen LogP contribution < -0.4 is 10.6 Å². The molecule has 0 radical (unpaired) electrons. The molecule has 0 aromatic heterocycles. The minimum absolute atomic E-state index is 0.0244. The van der Waals surface area contributed by atoms with E-state index in [0.29, 0.717) is 0 Å². The normalized spacial score (nSPS) is 33.1. The number of esters is 1. The first kappa shape index (κ1) is 18.6. The predicted octanol–water partition coefficient (Wildman–Crippen LogP) is 2.11. The minimum Gasteiger partial charge on any atom is -0.452 e. The van der Waals surface area contributed by atoms with Crippen LogP contribution in [0.3, 0.4) is 0 Å². The van der Waals surface area contributed by atoms with Crippen molar-refractivity contribution >= 4 is 41.1 Å². The van der Waals surface area contributed by atoms with Crippen molar-refractivity contribution in [3.8, 4) is 12.3 Å². The number of nitrogens with one attached hydrogen (secondary N) is 2. The maximum atomic E-state index is 12.4. The third kappa shape index (κ3) is 2.87. The number of imide groups is 1. The van der Waals surface area contributed by atoms with E-state index in [1.54, 1.807) is 13.0 Å². The van der Waals surface area contributed by atoms with Crippen molar-refractivity contribution in [3.05, 3.63) is 10.6 Å². The third-order valence-electron chi connectivity index (χ3n) is 5.02. The van der Waals surface area contributed by atoms with Gasteiger partial charge in [-0.05, 0) is 24.8 Å². The summed E-state index contributed by atoms with van der Waals surface area (Å²) in [7, 11) is 0. The van der Waals surface area contributed by atoms with Gasteiger partial charge in [-0.3, -0.25) is 14.9 Å². The fourth-order valence-electron chi connectivity index (χ4n) is 3.72. The molecule has 0 aromatic carbocycles. The molecule has 3 amide bonds. The Morgan fingerprint density at radius 3 is 2.46 bits per heavy atom. The highest BCUT2D eigenvalue weighted by Crippen LogP contribution is 2.73. The highest BCUT2D eigenvalue weighted by Gasteiger charge is 2.75. The van der Waals surface area contributed by atoms with Crippen LogP contribution in [0.1, 0.15) is 27.2 Å². The maximum Gasteiger partial charge on any atom is 0.322 e. The number of halogens is 2. The minimum atomic E-state index is -1.19. The molecular formula is C16H18Cl2N2O4. The Labute approximate surface area is 150 Å². The van der Waals surface area contributed by atoms with Crippen LogP contribution in [0, 0.1) is 29.1 Å². The van der Waals surface area contributed by atoms with Crippen molar-refractivity contribution in [3.63, 3.8) is 0 Å². The van der Waals surface area contributed by atoms with Gasteiger partial charge in [-0.2, -0.15) is 0 Å². The Kier molecular flexibility index (Phi) is 4.64. The zero-order chi connectivity index (χ0) is 18.3. The summed E-state index contributed by atoms with van der Waals surface area (Å²) in [6.45, 7) is 5.14. The van der Waals surface area contributed by atoms with Gasteiger partial charge in [0.2, 0.25) is 0 Å². The Hall–Kier alpha value is -1.71. The number of hydrogen-bond acceptors (Lipinski definition) is 4. The van der Waals surface area contributed by atoms with E-state index < -0.39 is 40.2 Å². The first-order valence-electron chi connectivity index (χ1n) is 7.28. The zero-order valence-corrected chi connectivity index (χ0v) is 15.0. The highest BCUT2D eigenvalue weighted by molar-refractivity contribution is 6.55. The second-order valence-corrected chi connectivity index (χ2v) is 7.87. The molecule has 2 aliphatic rings. The summed E-state index contributed by atoms with van der Waals surface area (Å²) in [5.74, 6) is 0.692. The second kappa shape index (κ2) is 5.98. The Balaban J connectivity index is 2.37. The van der Waals surface area contributed by atoms with E-state index in [1.807, 2.05) is 13.8 Å². The van der Waals surface area contributed by atoms with Crippen molar-refractivity contribution < 1.29 is 19.1 Å².